The van der Waals surface area contributed by atoms with Gasteiger partial charge in [-0.15, -0.1) is 12.6 Å². The van der Waals surface area contributed by atoms with E-state index in [0.717, 1.165) is 11.4 Å². The van der Waals surface area contributed by atoms with E-state index < -0.39 is 0 Å². The third-order valence-electron chi connectivity index (χ3n) is 2.83. The molecule has 0 aliphatic heterocycles. The van der Waals surface area contributed by atoms with Crippen LogP contribution in [0.1, 0.15) is 10.4 Å². The number of halogens is 1. The van der Waals surface area contributed by atoms with Crippen LogP contribution in [-0.2, 0) is 0 Å². The Hall–Kier alpha value is -1.65. The second-order valence-electron chi connectivity index (χ2n) is 4.53. The molecule has 0 aromatic heterocycles. The van der Waals surface area contributed by atoms with Gasteiger partial charge in [0.1, 0.15) is 0 Å². The van der Waals surface area contributed by atoms with Gasteiger partial charge in [0, 0.05) is 19.0 Å². The van der Waals surface area contributed by atoms with Crippen LogP contribution in [0.15, 0.2) is 47.4 Å². The molecule has 0 radical (unpaired) electrons. The number of anilines is 2. The van der Waals surface area contributed by atoms with Crippen molar-refractivity contribution < 1.29 is 4.79 Å². The minimum Gasteiger partial charge on any atom is -0.376 e. The van der Waals surface area contributed by atoms with Gasteiger partial charge in [0.05, 0.1) is 22.0 Å². The molecule has 0 spiro atoms. The lowest BCUT2D eigenvalue weighted by molar-refractivity contribution is 0.102. The summed E-state index contributed by atoms with van der Waals surface area (Å²) in [6.07, 6.45) is 0. The summed E-state index contributed by atoms with van der Waals surface area (Å²) in [6.45, 7) is 0. The number of benzene rings is 2. The molecule has 0 atom stereocenters. The molecular formula is C15H15ClN2OS. The average molecular weight is 307 g/mol. The van der Waals surface area contributed by atoms with Gasteiger partial charge in [-0.05, 0) is 30.3 Å². The maximum Gasteiger partial charge on any atom is 0.257 e. The molecule has 0 unspecified atom stereocenters. The van der Waals surface area contributed by atoms with Gasteiger partial charge in [-0.25, -0.2) is 0 Å². The predicted molar refractivity (Wildman–Crippen MR) is 87.4 cm³/mol. The molecule has 2 rings (SSSR count). The predicted octanol–water partition coefficient (Wildman–Crippen LogP) is 3.95. The maximum atomic E-state index is 12.3. The molecule has 2 aromatic rings. The summed E-state index contributed by atoms with van der Waals surface area (Å²) in [5, 5.41) is 3.28. The third-order valence-corrected chi connectivity index (χ3v) is 3.44. The molecule has 0 saturated heterocycles. The number of nitrogens with one attached hydrogen (secondary N) is 1. The molecule has 0 heterocycles. The lowest BCUT2D eigenvalue weighted by atomic mass is 10.2. The summed E-state index contributed by atoms with van der Waals surface area (Å²) in [7, 11) is 3.85. The zero-order valence-corrected chi connectivity index (χ0v) is 12.9. The second-order valence-corrected chi connectivity index (χ2v) is 5.45. The third kappa shape index (κ3) is 3.26. The van der Waals surface area contributed by atoms with Crippen LogP contribution in [0.4, 0.5) is 11.4 Å². The number of hydrogen-bond acceptors (Lipinski definition) is 3. The number of carbonyl (C=O) groups excluding carboxylic acids is 1. The SMILES string of the molecule is CN(C)c1ccccc1NC(=O)c1cc(S)ccc1Cl. The van der Waals surface area contributed by atoms with E-state index in [1.165, 1.54) is 0 Å². The highest BCUT2D eigenvalue weighted by atomic mass is 35.5. The number of hydrogen-bond donors (Lipinski definition) is 2. The van der Waals surface area contributed by atoms with E-state index in [0.29, 0.717) is 15.5 Å². The molecule has 2 aromatic carbocycles. The Morgan fingerprint density at radius 1 is 1.20 bits per heavy atom. The Balaban J connectivity index is 2.31. The molecule has 0 bridgehead atoms. The summed E-state index contributed by atoms with van der Waals surface area (Å²) < 4.78 is 0. The van der Waals surface area contributed by atoms with Crippen molar-refractivity contribution in [1.29, 1.82) is 0 Å². The topological polar surface area (TPSA) is 32.3 Å². The van der Waals surface area contributed by atoms with Crippen LogP contribution in [0.5, 0.6) is 0 Å². The van der Waals surface area contributed by atoms with Gasteiger partial charge in [-0.2, -0.15) is 0 Å². The van der Waals surface area contributed by atoms with E-state index in [-0.39, 0.29) is 5.91 Å². The van der Waals surface area contributed by atoms with Gasteiger partial charge in [0.25, 0.3) is 5.91 Å². The van der Waals surface area contributed by atoms with Gasteiger partial charge < -0.3 is 10.2 Å². The molecule has 1 N–H and O–H groups in total. The van der Waals surface area contributed by atoms with Crippen LogP contribution in [0.2, 0.25) is 5.02 Å². The van der Waals surface area contributed by atoms with E-state index in [1.54, 1.807) is 18.2 Å². The van der Waals surface area contributed by atoms with Crippen molar-refractivity contribution in [2.75, 3.05) is 24.3 Å². The largest absolute Gasteiger partial charge is 0.376 e. The monoisotopic (exact) mass is 306 g/mol. The Bertz CT molecular complexity index is 644. The molecule has 0 saturated carbocycles. The van der Waals surface area contributed by atoms with Crippen molar-refractivity contribution >= 4 is 41.5 Å². The van der Waals surface area contributed by atoms with Crippen LogP contribution in [0.3, 0.4) is 0 Å². The quantitative estimate of drug-likeness (QED) is 0.842. The number of nitrogens with zero attached hydrogens (tertiary/aromatic N) is 1. The fourth-order valence-corrected chi connectivity index (χ4v) is 2.25. The zero-order chi connectivity index (χ0) is 14.7. The van der Waals surface area contributed by atoms with Crippen molar-refractivity contribution in [1.82, 2.24) is 0 Å². The number of rotatable bonds is 3. The van der Waals surface area contributed by atoms with E-state index in [9.17, 15) is 4.79 Å². The van der Waals surface area contributed by atoms with Gasteiger partial charge in [0.2, 0.25) is 0 Å². The van der Waals surface area contributed by atoms with Crippen LogP contribution in [0.25, 0.3) is 0 Å². The van der Waals surface area contributed by atoms with Crippen LogP contribution in [0, 0.1) is 0 Å². The van der Waals surface area contributed by atoms with Gasteiger partial charge in [-0.3, -0.25) is 4.79 Å². The fourth-order valence-electron chi connectivity index (χ4n) is 1.85. The van der Waals surface area contributed by atoms with E-state index in [2.05, 4.69) is 17.9 Å². The highest BCUT2D eigenvalue weighted by molar-refractivity contribution is 7.80. The Kier molecular flexibility index (Phi) is 4.57. The standard InChI is InChI=1S/C15H15ClN2OS/c1-18(2)14-6-4-3-5-13(14)17-15(19)11-9-10(20)7-8-12(11)16/h3-9,20H,1-2H3,(H,17,19). The van der Waals surface area contributed by atoms with Crippen LogP contribution < -0.4 is 10.2 Å². The maximum absolute atomic E-state index is 12.3. The fraction of sp³-hybridized carbons (Fsp3) is 0.133. The number of para-hydroxylation sites is 2. The minimum atomic E-state index is -0.250. The molecule has 0 fully saturated rings. The van der Waals surface area contributed by atoms with Crippen molar-refractivity contribution in [2.45, 2.75) is 4.90 Å². The number of thiol groups is 1. The van der Waals surface area contributed by atoms with E-state index >= 15 is 0 Å². The van der Waals surface area contributed by atoms with Gasteiger partial charge in [0.15, 0.2) is 0 Å². The molecule has 1 amide bonds. The lowest BCUT2D eigenvalue weighted by Crippen LogP contribution is -2.17. The molecule has 104 valence electrons. The second kappa shape index (κ2) is 6.20. The molecular weight excluding hydrogens is 292 g/mol. The normalized spacial score (nSPS) is 10.2. The van der Waals surface area contributed by atoms with E-state index in [4.69, 9.17) is 11.6 Å². The van der Waals surface area contributed by atoms with Gasteiger partial charge in [-0.1, -0.05) is 23.7 Å². The Morgan fingerprint density at radius 2 is 1.90 bits per heavy atom. The smallest absolute Gasteiger partial charge is 0.257 e. The summed E-state index contributed by atoms with van der Waals surface area (Å²) >= 11 is 10.3. The first kappa shape index (κ1) is 14.8. The first-order valence-electron chi connectivity index (χ1n) is 6.05. The highest BCUT2D eigenvalue weighted by Crippen LogP contribution is 2.26. The van der Waals surface area contributed by atoms with Gasteiger partial charge >= 0.3 is 0 Å². The van der Waals surface area contributed by atoms with Crippen molar-refractivity contribution in [2.24, 2.45) is 0 Å². The highest BCUT2D eigenvalue weighted by Gasteiger charge is 2.13. The lowest BCUT2D eigenvalue weighted by Gasteiger charge is -2.18. The van der Waals surface area contributed by atoms with E-state index in [1.807, 2.05) is 43.3 Å². The summed E-state index contributed by atoms with van der Waals surface area (Å²) in [5.74, 6) is -0.250. The molecule has 0 aliphatic carbocycles. The molecule has 0 aliphatic rings. The first-order valence-corrected chi connectivity index (χ1v) is 6.88. The minimum absolute atomic E-state index is 0.250. The number of amides is 1. The number of carbonyl (C=O) groups is 1. The molecule has 3 nitrogen and oxygen atoms in total. The Morgan fingerprint density at radius 3 is 2.60 bits per heavy atom. The Labute approximate surface area is 129 Å². The van der Waals surface area contributed by atoms with Crippen molar-refractivity contribution in [3.05, 3.63) is 53.1 Å². The summed E-state index contributed by atoms with van der Waals surface area (Å²) in [5.41, 5.74) is 2.08. The summed E-state index contributed by atoms with van der Waals surface area (Å²) in [6, 6.07) is 12.6. The van der Waals surface area contributed by atoms with Crippen LogP contribution in [-0.4, -0.2) is 20.0 Å². The molecule has 20 heavy (non-hydrogen) atoms. The molecule has 5 heteroatoms. The van der Waals surface area contributed by atoms with Crippen molar-refractivity contribution in [3.8, 4) is 0 Å². The zero-order valence-electron chi connectivity index (χ0n) is 11.2. The van der Waals surface area contributed by atoms with Crippen molar-refractivity contribution in [3.63, 3.8) is 0 Å². The first-order chi connectivity index (χ1) is 9.49. The average Bonchev–Trinajstić information content (AvgIpc) is 2.41. The van der Waals surface area contributed by atoms with Crippen LogP contribution >= 0.6 is 24.2 Å². The summed E-state index contributed by atoms with van der Waals surface area (Å²) in [4.78, 5) is 14.9.